The summed E-state index contributed by atoms with van der Waals surface area (Å²) in [5.41, 5.74) is 0.620. The Morgan fingerprint density at radius 1 is 1.13 bits per heavy atom. The number of nitrogens with zero attached hydrogens (tertiary/aromatic N) is 1. The van der Waals surface area contributed by atoms with E-state index in [0.717, 1.165) is 31.8 Å². The van der Waals surface area contributed by atoms with Crippen LogP contribution in [0.25, 0.3) is 6.08 Å². The first-order valence-corrected chi connectivity index (χ1v) is 9.84. The van der Waals surface area contributed by atoms with Crippen molar-refractivity contribution < 1.29 is 28.7 Å². The molecule has 160 valence electrons. The molecule has 0 saturated heterocycles. The summed E-state index contributed by atoms with van der Waals surface area (Å²) in [5.74, 6) is -0.680. The van der Waals surface area contributed by atoms with Crippen LogP contribution in [0.2, 0.25) is 0 Å². The molecule has 1 N–H and O–H groups in total. The molecule has 2 aromatic rings. The predicted molar refractivity (Wildman–Crippen MR) is 111 cm³/mol. The summed E-state index contributed by atoms with van der Waals surface area (Å²) < 4.78 is 16.8. The van der Waals surface area contributed by atoms with Gasteiger partial charge < -0.3 is 19.5 Å². The van der Waals surface area contributed by atoms with Crippen LogP contribution in [0, 0.1) is 10.1 Å². The first kappa shape index (κ1) is 20.4. The average Bonchev–Trinajstić information content (AvgIpc) is 3.36. The van der Waals surface area contributed by atoms with Crippen molar-refractivity contribution in [1.29, 1.82) is 0 Å². The van der Waals surface area contributed by atoms with Crippen molar-refractivity contribution in [3.8, 4) is 11.5 Å². The van der Waals surface area contributed by atoms with Crippen LogP contribution in [0.3, 0.4) is 0 Å². The molecule has 1 aliphatic carbocycles. The summed E-state index contributed by atoms with van der Waals surface area (Å²) in [6.45, 7) is -0.502. The Hall–Kier alpha value is -3.88. The Morgan fingerprint density at radius 3 is 2.65 bits per heavy atom. The van der Waals surface area contributed by atoms with Crippen LogP contribution in [0.15, 0.2) is 48.5 Å². The maximum absolute atomic E-state index is 12.1. The van der Waals surface area contributed by atoms with E-state index >= 15 is 0 Å². The molecule has 2 aliphatic rings. The highest BCUT2D eigenvalue weighted by atomic mass is 16.7. The Morgan fingerprint density at radius 2 is 1.87 bits per heavy atom. The molecule has 1 heterocycles. The van der Waals surface area contributed by atoms with Crippen LogP contribution in [0.5, 0.6) is 11.5 Å². The van der Waals surface area contributed by atoms with Crippen molar-refractivity contribution in [3.05, 3.63) is 64.2 Å². The van der Waals surface area contributed by atoms with Gasteiger partial charge in [-0.1, -0.05) is 12.1 Å². The van der Waals surface area contributed by atoms with E-state index in [1.807, 2.05) is 0 Å². The molecular weight excluding hydrogens is 404 g/mol. The van der Waals surface area contributed by atoms with Gasteiger partial charge in [0.05, 0.1) is 10.5 Å². The van der Waals surface area contributed by atoms with E-state index in [4.69, 9.17) is 14.2 Å². The molecular formula is C22H20N2O7. The van der Waals surface area contributed by atoms with E-state index in [2.05, 4.69) is 5.32 Å². The number of nitro groups is 1. The third kappa shape index (κ3) is 4.66. The van der Waals surface area contributed by atoms with Crippen molar-refractivity contribution in [3.63, 3.8) is 0 Å². The van der Waals surface area contributed by atoms with Gasteiger partial charge in [0, 0.05) is 36.7 Å². The number of fused-ring (bicyclic) bond motifs is 1. The second kappa shape index (κ2) is 8.47. The number of amides is 1. The van der Waals surface area contributed by atoms with E-state index in [-0.39, 0.29) is 11.3 Å². The standard InChI is InChI=1S/C22H20N2O7/c25-20(14-29-21(26)10-7-15-5-1-2-6-17(15)24(27)28)23-16-8-9-18-19(13-16)31-22(30-18)11-3-4-12-22/h1-2,5-10,13H,3-4,11-12,14H2,(H,23,25)/b10-7+. The third-order valence-corrected chi connectivity index (χ3v) is 5.06. The van der Waals surface area contributed by atoms with Crippen molar-refractivity contribution in [2.45, 2.75) is 31.5 Å². The Labute approximate surface area is 177 Å². The van der Waals surface area contributed by atoms with E-state index in [1.165, 1.54) is 24.3 Å². The van der Waals surface area contributed by atoms with E-state index in [9.17, 15) is 19.7 Å². The van der Waals surface area contributed by atoms with E-state index < -0.39 is 29.2 Å². The third-order valence-electron chi connectivity index (χ3n) is 5.06. The van der Waals surface area contributed by atoms with Gasteiger partial charge in [-0.15, -0.1) is 0 Å². The number of benzene rings is 2. The van der Waals surface area contributed by atoms with E-state index in [0.29, 0.717) is 17.2 Å². The van der Waals surface area contributed by atoms with Crippen molar-refractivity contribution >= 4 is 29.3 Å². The molecule has 2 aromatic carbocycles. The minimum atomic E-state index is -0.790. The number of nitro benzene ring substituents is 1. The van der Waals surface area contributed by atoms with Crippen molar-refractivity contribution in [1.82, 2.24) is 0 Å². The second-order valence-electron chi connectivity index (χ2n) is 7.29. The first-order valence-electron chi connectivity index (χ1n) is 9.84. The topological polar surface area (TPSA) is 117 Å². The number of rotatable bonds is 6. The molecule has 0 unspecified atom stereocenters. The van der Waals surface area contributed by atoms with Gasteiger partial charge in [0.25, 0.3) is 17.4 Å². The second-order valence-corrected chi connectivity index (χ2v) is 7.29. The highest BCUT2D eigenvalue weighted by Crippen LogP contribution is 2.47. The maximum atomic E-state index is 12.1. The van der Waals surface area contributed by atoms with Gasteiger partial charge in [-0.25, -0.2) is 4.79 Å². The molecule has 4 rings (SSSR count). The molecule has 0 atom stereocenters. The average molecular weight is 424 g/mol. The SMILES string of the molecule is O=C(COC(=O)/C=C/c1ccccc1[N+](=O)[O-])Nc1ccc2c(c1)OC1(CCCC1)O2. The number of para-hydroxylation sites is 1. The number of nitrogens with one attached hydrogen (secondary N) is 1. The lowest BCUT2D eigenvalue weighted by atomic mass is 10.1. The highest BCUT2D eigenvalue weighted by molar-refractivity contribution is 5.95. The van der Waals surface area contributed by atoms with Gasteiger partial charge in [0.1, 0.15) is 0 Å². The fourth-order valence-corrected chi connectivity index (χ4v) is 3.62. The van der Waals surface area contributed by atoms with Crippen LogP contribution in [0.4, 0.5) is 11.4 Å². The molecule has 0 radical (unpaired) electrons. The number of esters is 1. The van der Waals surface area contributed by atoms with Gasteiger partial charge in [0.2, 0.25) is 0 Å². The summed E-state index contributed by atoms with van der Waals surface area (Å²) in [5, 5.41) is 13.6. The van der Waals surface area contributed by atoms with Crippen LogP contribution >= 0.6 is 0 Å². The lowest BCUT2D eigenvalue weighted by Gasteiger charge is -2.21. The van der Waals surface area contributed by atoms with Crippen LogP contribution < -0.4 is 14.8 Å². The van der Waals surface area contributed by atoms with Gasteiger partial charge in [-0.05, 0) is 37.1 Å². The minimum Gasteiger partial charge on any atom is -0.452 e. The number of carbonyl (C=O) groups excluding carboxylic acids is 2. The van der Waals surface area contributed by atoms with E-state index in [1.54, 1.807) is 24.3 Å². The van der Waals surface area contributed by atoms with Crippen molar-refractivity contribution in [2.24, 2.45) is 0 Å². The molecule has 0 bridgehead atoms. The summed E-state index contributed by atoms with van der Waals surface area (Å²) in [6.07, 6.45) is 6.08. The van der Waals surface area contributed by atoms with Gasteiger partial charge in [-0.3, -0.25) is 14.9 Å². The number of anilines is 1. The normalized spacial score (nSPS) is 15.9. The number of hydrogen-bond acceptors (Lipinski definition) is 7. The predicted octanol–water partition coefficient (Wildman–Crippen LogP) is 3.83. The zero-order chi connectivity index (χ0) is 21.8. The zero-order valence-electron chi connectivity index (χ0n) is 16.5. The van der Waals surface area contributed by atoms with Gasteiger partial charge >= 0.3 is 5.97 Å². The van der Waals surface area contributed by atoms with Gasteiger partial charge in [0.15, 0.2) is 18.1 Å². The van der Waals surface area contributed by atoms with Crippen LogP contribution in [-0.4, -0.2) is 29.2 Å². The van der Waals surface area contributed by atoms with Crippen LogP contribution in [-0.2, 0) is 14.3 Å². The smallest absolute Gasteiger partial charge is 0.331 e. The molecule has 1 saturated carbocycles. The molecule has 1 spiro atoms. The Kier molecular flexibility index (Phi) is 5.57. The lowest BCUT2D eigenvalue weighted by molar-refractivity contribution is -0.385. The number of hydrogen-bond donors (Lipinski definition) is 1. The summed E-state index contributed by atoms with van der Waals surface area (Å²) >= 11 is 0. The molecule has 1 amide bonds. The first-order chi connectivity index (χ1) is 14.9. The number of ether oxygens (including phenoxy) is 3. The molecule has 1 fully saturated rings. The summed E-state index contributed by atoms with van der Waals surface area (Å²) in [4.78, 5) is 34.4. The minimum absolute atomic E-state index is 0.133. The largest absolute Gasteiger partial charge is 0.452 e. The molecule has 9 nitrogen and oxygen atoms in total. The lowest BCUT2D eigenvalue weighted by Crippen LogP contribution is -2.34. The van der Waals surface area contributed by atoms with Crippen LogP contribution in [0.1, 0.15) is 31.2 Å². The zero-order valence-corrected chi connectivity index (χ0v) is 16.5. The monoisotopic (exact) mass is 424 g/mol. The fraction of sp³-hybridized carbons (Fsp3) is 0.273. The Balaban J connectivity index is 1.29. The Bertz CT molecular complexity index is 1060. The quantitative estimate of drug-likeness (QED) is 0.324. The summed E-state index contributed by atoms with van der Waals surface area (Å²) in [6, 6.07) is 11.1. The summed E-state index contributed by atoms with van der Waals surface area (Å²) in [7, 11) is 0. The number of carbonyl (C=O) groups is 2. The highest BCUT2D eigenvalue weighted by Gasteiger charge is 2.44. The van der Waals surface area contributed by atoms with Crippen molar-refractivity contribution in [2.75, 3.05) is 11.9 Å². The molecule has 0 aromatic heterocycles. The van der Waals surface area contributed by atoms with Gasteiger partial charge in [-0.2, -0.15) is 0 Å². The maximum Gasteiger partial charge on any atom is 0.331 e. The molecule has 31 heavy (non-hydrogen) atoms. The molecule has 1 aliphatic heterocycles. The fourth-order valence-electron chi connectivity index (χ4n) is 3.62. The molecule has 9 heteroatoms.